The fourth-order valence-corrected chi connectivity index (χ4v) is 4.45. The Hall–Kier alpha value is -3.03. The van der Waals surface area contributed by atoms with E-state index in [4.69, 9.17) is 4.74 Å². The van der Waals surface area contributed by atoms with Crippen molar-refractivity contribution in [2.45, 2.75) is 49.3 Å². The van der Waals surface area contributed by atoms with Crippen LogP contribution in [0.2, 0.25) is 0 Å². The number of halogens is 6. The van der Waals surface area contributed by atoms with Crippen LogP contribution < -0.4 is 20.1 Å². The van der Waals surface area contributed by atoms with Gasteiger partial charge in [0.2, 0.25) is 0 Å². The maximum absolute atomic E-state index is 14.3. The highest BCUT2D eigenvalue weighted by Crippen LogP contribution is 2.40. The van der Waals surface area contributed by atoms with E-state index in [1.54, 1.807) is 48.5 Å². The minimum atomic E-state index is -4.96. The van der Waals surface area contributed by atoms with Gasteiger partial charge in [-0.3, -0.25) is 0 Å². The lowest BCUT2D eigenvalue weighted by Crippen LogP contribution is -2.51. The molecule has 0 bridgehead atoms. The summed E-state index contributed by atoms with van der Waals surface area (Å²) in [5.74, 6) is -0.384. The molecule has 2 N–H and O–H groups in total. The van der Waals surface area contributed by atoms with Crippen LogP contribution in [0.25, 0.3) is 0 Å². The number of ether oxygens (including phenoxy) is 2. The van der Waals surface area contributed by atoms with E-state index in [1.165, 1.54) is 40.4 Å². The van der Waals surface area contributed by atoms with Gasteiger partial charge in [0, 0.05) is 18.9 Å². The van der Waals surface area contributed by atoms with Gasteiger partial charge < -0.3 is 20.1 Å². The molecule has 0 saturated heterocycles. The summed E-state index contributed by atoms with van der Waals surface area (Å²) in [7, 11) is 3.26. The van der Waals surface area contributed by atoms with E-state index in [0.717, 1.165) is 18.6 Å². The fourth-order valence-electron chi connectivity index (χ4n) is 4.24. The number of nitrogens with one attached hydrogen (secondary N) is 2. The van der Waals surface area contributed by atoms with Gasteiger partial charge in [-0.25, -0.2) is 13.6 Å². The zero-order valence-electron chi connectivity index (χ0n) is 22.1. The molecule has 0 saturated carbocycles. The number of hydrogen-bond acceptors (Lipinski definition) is 3. The van der Waals surface area contributed by atoms with Crippen LogP contribution in [-0.4, -0.2) is 36.2 Å². The number of rotatable bonds is 11. The standard InChI is InChI=1S/C28H30F6N2O3P2/c1-18(27(30,31)41)36-24(37)35-17-26(16-19-8-4-3-5-9-19,20-10-6-12-22(14-20)38-25(2,29)40)21-11-7-13-23(15-21)39-28(32,33)34/h3-15,18H,16-17,40-41H2,1-2H3,(H2,35,36,37). The maximum atomic E-state index is 14.3. The van der Waals surface area contributed by atoms with E-state index in [0.29, 0.717) is 11.1 Å². The van der Waals surface area contributed by atoms with Gasteiger partial charge in [-0.1, -0.05) is 73.1 Å². The zero-order valence-corrected chi connectivity index (χ0v) is 24.5. The van der Waals surface area contributed by atoms with Crippen molar-refractivity contribution in [2.24, 2.45) is 0 Å². The predicted octanol–water partition coefficient (Wildman–Crippen LogP) is 7.17. The molecular formula is C28H30F6N2O3P2. The van der Waals surface area contributed by atoms with Crippen molar-refractivity contribution in [3.05, 3.63) is 95.6 Å². The van der Waals surface area contributed by atoms with Crippen molar-refractivity contribution in [2.75, 3.05) is 6.54 Å². The molecule has 0 aliphatic rings. The second-order valence-electron chi connectivity index (χ2n) is 9.66. The molecule has 5 atom stereocenters. The van der Waals surface area contributed by atoms with Crippen LogP contribution in [0.4, 0.5) is 31.1 Å². The van der Waals surface area contributed by atoms with E-state index in [2.05, 4.69) is 15.4 Å². The average molecular weight is 618 g/mol. The molecule has 0 aromatic heterocycles. The Morgan fingerprint density at radius 2 is 1.37 bits per heavy atom. The van der Waals surface area contributed by atoms with Crippen molar-refractivity contribution in [3.63, 3.8) is 0 Å². The van der Waals surface area contributed by atoms with Gasteiger partial charge in [0.15, 0.2) is 0 Å². The van der Waals surface area contributed by atoms with Crippen LogP contribution in [0.1, 0.15) is 30.5 Å². The van der Waals surface area contributed by atoms with Gasteiger partial charge in [-0.15, -0.1) is 13.2 Å². The molecule has 2 amide bonds. The van der Waals surface area contributed by atoms with Crippen LogP contribution >= 0.6 is 18.5 Å². The molecule has 222 valence electrons. The molecule has 0 radical (unpaired) electrons. The van der Waals surface area contributed by atoms with Crippen molar-refractivity contribution in [1.29, 1.82) is 0 Å². The van der Waals surface area contributed by atoms with Crippen molar-refractivity contribution in [1.82, 2.24) is 10.6 Å². The Balaban J connectivity index is 2.18. The third kappa shape index (κ3) is 9.79. The molecular weight excluding hydrogens is 588 g/mol. The maximum Gasteiger partial charge on any atom is 0.573 e. The summed E-state index contributed by atoms with van der Waals surface area (Å²) < 4.78 is 90.6. The quantitative estimate of drug-likeness (QED) is 0.177. The summed E-state index contributed by atoms with van der Waals surface area (Å²) in [6.45, 7) is 2.04. The lowest BCUT2D eigenvalue weighted by atomic mass is 9.70. The number of amides is 2. The molecule has 0 heterocycles. The number of benzene rings is 3. The van der Waals surface area contributed by atoms with Crippen molar-refractivity contribution >= 4 is 24.5 Å². The molecule has 5 unspecified atom stereocenters. The molecule has 0 fully saturated rings. The number of hydrogen-bond donors (Lipinski definition) is 2. The number of carbonyl (C=O) groups is 1. The number of alkyl halides is 6. The summed E-state index contributed by atoms with van der Waals surface area (Å²) in [5, 5.41) is 4.78. The Morgan fingerprint density at radius 1 is 0.829 bits per heavy atom. The predicted molar refractivity (Wildman–Crippen MR) is 151 cm³/mol. The SMILES string of the molecule is CC(NC(=O)NCC(Cc1ccccc1)(c1cccc(OC(F)(F)F)c1)c1cccc(OC(C)(F)P)c1)C(F)(F)P. The zero-order chi connectivity index (χ0) is 30.5. The second kappa shape index (κ2) is 12.9. The molecule has 13 heteroatoms. The van der Waals surface area contributed by atoms with Crippen LogP contribution in [0.15, 0.2) is 78.9 Å². The first-order valence-electron chi connectivity index (χ1n) is 12.4. The third-order valence-corrected chi connectivity index (χ3v) is 6.77. The van der Waals surface area contributed by atoms with E-state index < -0.39 is 40.9 Å². The Morgan fingerprint density at radius 3 is 1.85 bits per heavy atom. The van der Waals surface area contributed by atoms with Gasteiger partial charge >= 0.3 is 12.4 Å². The summed E-state index contributed by atoms with van der Waals surface area (Å²) in [6, 6.07) is 18.0. The highest BCUT2D eigenvalue weighted by Gasteiger charge is 2.38. The molecule has 3 aromatic carbocycles. The normalized spacial score (nSPS) is 15.7. The molecule has 5 nitrogen and oxygen atoms in total. The van der Waals surface area contributed by atoms with Crippen molar-refractivity contribution in [3.8, 4) is 11.5 Å². The highest BCUT2D eigenvalue weighted by molar-refractivity contribution is 7.18. The van der Waals surface area contributed by atoms with Gasteiger partial charge in [0.25, 0.3) is 11.3 Å². The first-order chi connectivity index (χ1) is 19.0. The summed E-state index contributed by atoms with van der Waals surface area (Å²) in [4.78, 5) is 12.8. The molecule has 0 aliphatic carbocycles. The average Bonchev–Trinajstić information content (AvgIpc) is 2.85. The van der Waals surface area contributed by atoms with Crippen molar-refractivity contribution < 1.29 is 40.6 Å². The summed E-state index contributed by atoms with van der Waals surface area (Å²) in [5.41, 5.74) is -5.22. The molecule has 41 heavy (non-hydrogen) atoms. The highest BCUT2D eigenvalue weighted by atomic mass is 31.0. The summed E-state index contributed by atoms with van der Waals surface area (Å²) in [6.07, 6.45) is -4.83. The van der Waals surface area contributed by atoms with Gasteiger partial charge in [-0.2, -0.15) is 4.39 Å². The summed E-state index contributed by atoms with van der Waals surface area (Å²) >= 11 is 0. The Kier molecular flexibility index (Phi) is 10.2. The van der Waals surface area contributed by atoms with Gasteiger partial charge in [-0.05, 0) is 54.3 Å². The van der Waals surface area contributed by atoms with E-state index in [1.807, 2.05) is 9.24 Å². The van der Waals surface area contributed by atoms with E-state index in [9.17, 15) is 31.1 Å². The lowest BCUT2D eigenvalue weighted by molar-refractivity contribution is -0.274. The molecule has 3 rings (SSSR count). The molecule has 0 aliphatic heterocycles. The van der Waals surface area contributed by atoms with E-state index in [-0.39, 0.29) is 18.7 Å². The molecule has 0 spiro atoms. The lowest BCUT2D eigenvalue weighted by Gasteiger charge is -2.36. The Bertz CT molecular complexity index is 1250. The minimum Gasteiger partial charge on any atom is -0.455 e. The monoisotopic (exact) mass is 618 g/mol. The largest absolute Gasteiger partial charge is 0.573 e. The smallest absolute Gasteiger partial charge is 0.455 e. The fraction of sp³-hybridized carbons (Fsp3) is 0.321. The first-order valence-corrected chi connectivity index (χ1v) is 13.5. The second-order valence-corrected chi connectivity index (χ2v) is 11.5. The topological polar surface area (TPSA) is 59.6 Å². The minimum absolute atomic E-state index is 0.114. The van der Waals surface area contributed by atoms with E-state index >= 15 is 0 Å². The molecule has 3 aromatic rings. The van der Waals surface area contributed by atoms with Gasteiger partial charge in [0.1, 0.15) is 11.5 Å². The number of urea groups is 1. The van der Waals surface area contributed by atoms with Crippen LogP contribution in [0, 0.1) is 0 Å². The van der Waals surface area contributed by atoms with Crippen LogP contribution in [-0.2, 0) is 11.8 Å². The number of carbonyl (C=O) groups excluding carboxylic acids is 1. The Labute approximate surface area is 238 Å². The van der Waals surface area contributed by atoms with Crippen LogP contribution in [0.3, 0.4) is 0 Å². The van der Waals surface area contributed by atoms with Crippen LogP contribution in [0.5, 0.6) is 11.5 Å². The first kappa shape index (κ1) is 32.5. The third-order valence-electron chi connectivity index (χ3n) is 6.15. The van der Waals surface area contributed by atoms with Gasteiger partial charge in [0.05, 0.1) is 6.04 Å².